The highest BCUT2D eigenvalue weighted by Gasteiger charge is 2.36. The van der Waals surface area contributed by atoms with E-state index in [1.807, 2.05) is 20.8 Å². The topological polar surface area (TPSA) is 44.7 Å². The zero-order chi connectivity index (χ0) is 16.1. The molecule has 0 spiro atoms. The van der Waals surface area contributed by atoms with Crippen LogP contribution in [0.3, 0.4) is 0 Å². The highest BCUT2D eigenvalue weighted by molar-refractivity contribution is 4.94. The summed E-state index contributed by atoms with van der Waals surface area (Å²) in [4.78, 5) is 2.37. The van der Waals surface area contributed by atoms with Crippen LogP contribution in [0.1, 0.15) is 53.4 Å². The van der Waals surface area contributed by atoms with Crippen LogP contribution in [0.2, 0.25) is 0 Å². The maximum absolute atomic E-state index is 10.0. The lowest BCUT2D eigenvalue weighted by Gasteiger charge is -2.45. The van der Waals surface area contributed by atoms with Crippen molar-refractivity contribution in [3.8, 4) is 0 Å². The number of aliphatic hydroxyl groups is 1. The minimum absolute atomic E-state index is 0.190. The Morgan fingerprint density at radius 3 is 2.57 bits per heavy atom. The van der Waals surface area contributed by atoms with Gasteiger partial charge in [0.1, 0.15) is 0 Å². The normalized spacial score (nSPS) is 28.9. The fraction of sp³-hybridized carbons (Fsp3) is 1.00. The summed E-state index contributed by atoms with van der Waals surface area (Å²) >= 11 is 0. The van der Waals surface area contributed by atoms with Crippen LogP contribution in [0.15, 0.2) is 0 Å². The van der Waals surface area contributed by atoms with E-state index in [0.717, 1.165) is 12.5 Å². The van der Waals surface area contributed by atoms with Crippen molar-refractivity contribution in [3.63, 3.8) is 0 Å². The maximum Gasteiger partial charge on any atom is 0.0897 e. The van der Waals surface area contributed by atoms with E-state index in [1.165, 1.54) is 25.7 Å². The number of aliphatic hydroxyl groups excluding tert-OH is 1. The summed E-state index contributed by atoms with van der Waals surface area (Å²) in [6.45, 7) is 10.3. The summed E-state index contributed by atoms with van der Waals surface area (Å²) < 4.78 is 5.62. The molecule has 3 atom stereocenters. The summed E-state index contributed by atoms with van der Waals surface area (Å²) in [5, 5.41) is 13.5. The molecule has 126 valence electrons. The first-order valence-electron chi connectivity index (χ1n) is 8.35. The van der Waals surface area contributed by atoms with E-state index in [1.54, 1.807) is 0 Å². The van der Waals surface area contributed by atoms with Gasteiger partial charge in [-0.25, -0.2) is 0 Å². The van der Waals surface area contributed by atoms with Gasteiger partial charge in [-0.3, -0.25) is 0 Å². The van der Waals surface area contributed by atoms with Gasteiger partial charge in [-0.1, -0.05) is 19.8 Å². The van der Waals surface area contributed by atoms with Crippen LogP contribution in [-0.4, -0.2) is 61.0 Å². The molecule has 1 rings (SSSR count). The second-order valence-electron chi connectivity index (χ2n) is 8.03. The van der Waals surface area contributed by atoms with E-state index in [4.69, 9.17) is 4.74 Å². The molecule has 1 fully saturated rings. The van der Waals surface area contributed by atoms with Crippen LogP contribution >= 0.6 is 0 Å². The molecule has 0 saturated heterocycles. The van der Waals surface area contributed by atoms with Crippen molar-refractivity contribution in [2.45, 2.75) is 70.6 Å². The zero-order valence-electron chi connectivity index (χ0n) is 14.9. The molecule has 0 aromatic heterocycles. The summed E-state index contributed by atoms with van der Waals surface area (Å²) in [6.07, 6.45) is 4.69. The molecule has 3 unspecified atom stereocenters. The molecule has 0 radical (unpaired) electrons. The molecule has 0 heterocycles. The highest BCUT2D eigenvalue weighted by atomic mass is 16.5. The Hall–Kier alpha value is -0.160. The lowest BCUT2D eigenvalue weighted by molar-refractivity contribution is -0.0488. The molecule has 0 aliphatic heterocycles. The third kappa shape index (κ3) is 6.64. The first kappa shape index (κ1) is 18.9. The zero-order valence-corrected chi connectivity index (χ0v) is 14.9. The molecule has 0 aromatic carbocycles. The highest BCUT2D eigenvalue weighted by Crippen LogP contribution is 2.35. The van der Waals surface area contributed by atoms with Gasteiger partial charge >= 0.3 is 0 Å². The Morgan fingerprint density at radius 1 is 1.38 bits per heavy atom. The van der Waals surface area contributed by atoms with Crippen LogP contribution in [0, 0.1) is 5.92 Å². The van der Waals surface area contributed by atoms with Crippen LogP contribution in [-0.2, 0) is 4.74 Å². The molecule has 1 aliphatic carbocycles. The fourth-order valence-corrected chi connectivity index (χ4v) is 3.23. The van der Waals surface area contributed by atoms with E-state index in [0.29, 0.717) is 13.2 Å². The predicted molar refractivity (Wildman–Crippen MR) is 88.6 cm³/mol. The average molecular weight is 300 g/mol. The standard InChI is InChI=1S/C17H36N2O2/c1-14-8-7-9-17(10-14,19(5)6)13-18-11-15(20)12-21-16(2,3)4/h14-15,18,20H,7-13H2,1-6H3. The van der Waals surface area contributed by atoms with Crippen molar-refractivity contribution in [2.75, 3.05) is 33.8 Å². The van der Waals surface area contributed by atoms with Gasteiger partial charge in [-0.05, 0) is 53.6 Å². The summed E-state index contributed by atoms with van der Waals surface area (Å²) in [5.41, 5.74) is 0.0485. The van der Waals surface area contributed by atoms with Gasteiger partial charge in [0, 0.05) is 18.6 Å². The first-order valence-corrected chi connectivity index (χ1v) is 8.35. The minimum atomic E-state index is -0.440. The molecule has 0 bridgehead atoms. The molecule has 4 nitrogen and oxygen atoms in total. The van der Waals surface area contributed by atoms with Crippen LogP contribution < -0.4 is 5.32 Å². The quantitative estimate of drug-likeness (QED) is 0.757. The average Bonchev–Trinajstić information content (AvgIpc) is 2.35. The fourth-order valence-electron chi connectivity index (χ4n) is 3.23. The number of ether oxygens (including phenoxy) is 1. The van der Waals surface area contributed by atoms with Gasteiger partial charge in [-0.2, -0.15) is 0 Å². The SMILES string of the molecule is CC1CCCC(CNCC(O)COC(C)(C)C)(N(C)C)C1. The first-order chi connectivity index (χ1) is 9.65. The van der Waals surface area contributed by atoms with Gasteiger partial charge in [0.15, 0.2) is 0 Å². The van der Waals surface area contributed by atoms with Gasteiger partial charge in [0.05, 0.1) is 18.3 Å². The molecule has 2 N–H and O–H groups in total. The van der Waals surface area contributed by atoms with E-state index in [-0.39, 0.29) is 11.1 Å². The molecule has 0 aromatic rings. The van der Waals surface area contributed by atoms with Crippen LogP contribution in [0.25, 0.3) is 0 Å². The van der Waals surface area contributed by atoms with Crippen molar-refractivity contribution in [1.29, 1.82) is 0 Å². The smallest absolute Gasteiger partial charge is 0.0897 e. The monoisotopic (exact) mass is 300 g/mol. The number of hydrogen-bond acceptors (Lipinski definition) is 4. The van der Waals surface area contributed by atoms with Gasteiger partial charge < -0.3 is 20.1 Å². The largest absolute Gasteiger partial charge is 0.389 e. The molecular formula is C17H36N2O2. The molecule has 0 amide bonds. The number of nitrogens with one attached hydrogen (secondary N) is 1. The van der Waals surface area contributed by atoms with Crippen molar-refractivity contribution < 1.29 is 9.84 Å². The van der Waals surface area contributed by atoms with Crippen molar-refractivity contribution in [3.05, 3.63) is 0 Å². The molecule has 4 heteroatoms. The second-order valence-corrected chi connectivity index (χ2v) is 8.03. The van der Waals surface area contributed by atoms with E-state index in [2.05, 4.69) is 31.2 Å². The molecule has 21 heavy (non-hydrogen) atoms. The van der Waals surface area contributed by atoms with Gasteiger partial charge in [0.25, 0.3) is 0 Å². The van der Waals surface area contributed by atoms with Crippen molar-refractivity contribution in [1.82, 2.24) is 10.2 Å². The summed E-state index contributed by atoms with van der Waals surface area (Å²) in [5.74, 6) is 0.789. The molecule has 1 aliphatic rings. The lowest BCUT2D eigenvalue weighted by Crippen LogP contribution is -2.55. The van der Waals surface area contributed by atoms with Crippen LogP contribution in [0.4, 0.5) is 0 Å². The number of nitrogens with zero attached hydrogens (tertiary/aromatic N) is 1. The third-order valence-corrected chi connectivity index (χ3v) is 4.56. The van der Waals surface area contributed by atoms with Crippen molar-refractivity contribution >= 4 is 0 Å². The Morgan fingerprint density at radius 2 is 2.05 bits per heavy atom. The Kier molecular flexibility index (Phi) is 7.11. The third-order valence-electron chi connectivity index (χ3n) is 4.56. The number of rotatable bonds is 7. The maximum atomic E-state index is 10.0. The number of likely N-dealkylation sites (N-methyl/N-ethyl adjacent to an activating group) is 1. The Balaban J connectivity index is 2.37. The Bertz CT molecular complexity index is 302. The second kappa shape index (κ2) is 7.91. The van der Waals surface area contributed by atoms with Crippen LogP contribution in [0.5, 0.6) is 0 Å². The van der Waals surface area contributed by atoms with E-state index < -0.39 is 6.10 Å². The predicted octanol–water partition coefficient (Wildman–Crippen LogP) is 2.26. The van der Waals surface area contributed by atoms with Gasteiger partial charge in [-0.15, -0.1) is 0 Å². The van der Waals surface area contributed by atoms with E-state index >= 15 is 0 Å². The Labute approximate surface area is 131 Å². The van der Waals surface area contributed by atoms with Crippen molar-refractivity contribution in [2.24, 2.45) is 5.92 Å². The number of hydrogen-bond donors (Lipinski definition) is 2. The van der Waals surface area contributed by atoms with E-state index in [9.17, 15) is 5.11 Å². The summed E-state index contributed by atoms with van der Waals surface area (Å²) in [6, 6.07) is 0. The minimum Gasteiger partial charge on any atom is -0.389 e. The molecular weight excluding hydrogens is 264 g/mol. The van der Waals surface area contributed by atoms with Gasteiger partial charge in [0.2, 0.25) is 0 Å². The lowest BCUT2D eigenvalue weighted by atomic mass is 9.75. The molecule has 1 saturated carbocycles. The summed E-state index contributed by atoms with van der Waals surface area (Å²) in [7, 11) is 4.36.